The van der Waals surface area contributed by atoms with Gasteiger partial charge in [0.25, 0.3) is 0 Å². The highest BCUT2D eigenvalue weighted by Crippen LogP contribution is 2.47. The molecule has 0 atom stereocenters. The van der Waals surface area contributed by atoms with Crippen LogP contribution in [-0.4, -0.2) is 15.7 Å². The lowest BCUT2D eigenvalue weighted by molar-refractivity contribution is -0.120. The number of hydrogen-bond acceptors (Lipinski definition) is 2. The summed E-state index contributed by atoms with van der Waals surface area (Å²) in [6.07, 6.45) is 5.32. The van der Waals surface area contributed by atoms with Crippen molar-refractivity contribution in [2.24, 2.45) is 12.8 Å². The number of primary amides is 1. The number of carbonyl (C=O) groups excluding carboxylic acids is 1. The predicted octanol–water partition coefficient (Wildman–Crippen LogP) is -0.0630. The molecule has 1 fully saturated rings. The summed E-state index contributed by atoms with van der Waals surface area (Å²) in [6, 6.07) is 0. The highest BCUT2D eigenvalue weighted by molar-refractivity contribution is 5.89. The normalized spacial score (nSPS) is 19.1. The number of rotatable bonds is 2. The molecule has 1 heterocycles. The van der Waals surface area contributed by atoms with Gasteiger partial charge in [-0.15, -0.1) is 0 Å². The fourth-order valence-corrected chi connectivity index (χ4v) is 1.47. The summed E-state index contributed by atoms with van der Waals surface area (Å²) in [7, 11) is 1.83. The molecule has 1 amide bonds. The minimum atomic E-state index is -0.381. The molecule has 1 aliphatic rings. The van der Waals surface area contributed by atoms with E-state index in [0.717, 1.165) is 18.4 Å². The van der Waals surface area contributed by atoms with Crippen molar-refractivity contribution in [3.05, 3.63) is 18.0 Å². The summed E-state index contributed by atoms with van der Waals surface area (Å²) < 4.78 is 1.69. The molecule has 1 aromatic rings. The van der Waals surface area contributed by atoms with Crippen molar-refractivity contribution in [3.8, 4) is 0 Å². The molecule has 2 rings (SSSR count). The zero-order valence-corrected chi connectivity index (χ0v) is 6.95. The summed E-state index contributed by atoms with van der Waals surface area (Å²) >= 11 is 0. The van der Waals surface area contributed by atoms with Crippen LogP contribution in [0.3, 0.4) is 0 Å². The van der Waals surface area contributed by atoms with Gasteiger partial charge in [0, 0.05) is 18.8 Å². The van der Waals surface area contributed by atoms with Crippen molar-refractivity contribution in [2.45, 2.75) is 18.3 Å². The van der Waals surface area contributed by atoms with Gasteiger partial charge in [-0.1, -0.05) is 0 Å². The quantitative estimate of drug-likeness (QED) is 0.667. The maximum absolute atomic E-state index is 11.1. The van der Waals surface area contributed by atoms with Gasteiger partial charge >= 0.3 is 0 Å². The number of nitrogens with zero attached hydrogens (tertiary/aromatic N) is 2. The summed E-state index contributed by atoms with van der Waals surface area (Å²) in [5.41, 5.74) is 5.87. The zero-order valence-electron chi connectivity index (χ0n) is 6.95. The summed E-state index contributed by atoms with van der Waals surface area (Å²) in [4.78, 5) is 11.1. The van der Waals surface area contributed by atoms with E-state index in [1.165, 1.54) is 0 Å². The van der Waals surface area contributed by atoms with Gasteiger partial charge in [-0.05, 0) is 12.8 Å². The largest absolute Gasteiger partial charge is 0.369 e. The smallest absolute Gasteiger partial charge is 0.228 e. The number of aryl methyl sites for hydroxylation is 1. The van der Waals surface area contributed by atoms with Crippen LogP contribution in [0.5, 0.6) is 0 Å². The molecule has 0 spiro atoms. The molecule has 2 N–H and O–H groups in total. The van der Waals surface area contributed by atoms with Gasteiger partial charge in [-0.2, -0.15) is 5.10 Å². The van der Waals surface area contributed by atoms with Crippen molar-refractivity contribution in [1.82, 2.24) is 9.78 Å². The van der Waals surface area contributed by atoms with Gasteiger partial charge in [0.1, 0.15) is 0 Å². The van der Waals surface area contributed by atoms with Gasteiger partial charge in [-0.3, -0.25) is 9.48 Å². The van der Waals surface area contributed by atoms with Crippen molar-refractivity contribution in [3.63, 3.8) is 0 Å². The standard InChI is InChI=1S/C8H11N3O/c1-11-5-6(4-10-11)8(2-3-8)7(9)12/h4-5H,2-3H2,1H3,(H2,9,12). The van der Waals surface area contributed by atoms with Crippen LogP contribution in [0, 0.1) is 0 Å². The first-order valence-electron chi connectivity index (χ1n) is 3.94. The summed E-state index contributed by atoms with van der Waals surface area (Å²) in [6.45, 7) is 0. The van der Waals surface area contributed by atoms with Gasteiger partial charge in [0.2, 0.25) is 5.91 Å². The average molecular weight is 165 g/mol. The number of hydrogen-bond donors (Lipinski definition) is 1. The lowest BCUT2D eigenvalue weighted by Gasteiger charge is -2.05. The average Bonchev–Trinajstić information content (AvgIpc) is 2.71. The van der Waals surface area contributed by atoms with E-state index in [4.69, 9.17) is 5.73 Å². The molecule has 0 aliphatic heterocycles. The minimum Gasteiger partial charge on any atom is -0.369 e. The monoisotopic (exact) mass is 165 g/mol. The first-order chi connectivity index (χ1) is 5.65. The molecule has 0 unspecified atom stereocenters. The van der Waals surface area contributed by atoms with Crippen LogP contribution in [0.25, 0.3) is 0 Å². The van der Waals surface area contributed by atoms with Crippen LogP contribution < -0.4 is 5.73 Å². The highest BCUT2D eigenvalue weighted by atomic mass is 16.1. The second-order valence-corrected chi connectivity index (χ2v) is 3.35. The van der Waals surface area contributed by atoms with Crippen molar-refractivity contribution in [2.75, 3.05) is 0 Å². The Balaban J connectivity index is 2.36. The molecule has 0 saturated heterocycles. The minimum absolute atomic E-state index is 0.226. The third-order valence-electron chi connectivity index (χ3n) is 2.48. The second kappa shape index (κ2) is 2.09. The molecule has 0 bridgehead atoms. The fraction of sp³-hybridized carbons (Fsp3) is 0.500. The van der Waals surface area contributed by atoms with E-state index in [1.807, 2.05) is 13.2 Å². The van der Waals surface area contributed by atoms with E-state index in [0.29, 0.717) is 0 Å². The van der Waals surface area contributed by atoms with Gasteiger partial charge in [0.05, 0.1) is 11.6 Å². The molecule has 0 radical (unpaired) electrons. The van der Waals surface area contributed by atoms with Crippen LogP contribution in [0.15, 0.2) is 12.4 Å². The Labute approximate surface area is 70.4 Å². The van der Waals surface area contributed by atoms with E-state index in [9.17, 15) is 4.79 Å². The van der Waals surface area contributed by atoms with Crippen molar-refractivity contribution >= 4 is 5.91 Å². The maximum atomic E-state index is 11.1. The van der Waals surface area contributed by atoms with Crippen LogP contribution in [0.2, 0.25) is 0 Å². The van der Waals surface area contributed by atoms with Crippen LogP contribution in [-0.2, 0) is 17.3 Å². The number of amides is 1. The van der Waals surface area contributed by atoms with Crippen LogP contribution in [0.4, 0.5) is 0 Å². The van der Waals surface area contributed by atoms with E-state index in [-0.39, 0.29) is 11.3 Å². The van der Waals surface area contributed by atoms with Crippen molar-refractivity contribution < 1.29 is 4.79 Å². The van der Waals surface area contributed by atoms with E-state index < -0.39 is 0 Å². The number of aromatic nitrogens is 2. The van der Waals surface area contributed by atoms with E-state index in [2.05, 4.69) is 5.10 Å². The third-order valence-corrected chi connectivity index (χ3v) is 2.48. The highest BCUT2D eigenvalue weighted by Gasteiger charge is 2.50. The number of nitrogens with two attached hydrogens (primary N) is 1. The molecule has 1 aliphatic carbocycles. The fourth-order valence-electron chi connectivity index (χ4n) is 1.47. The third kappa shape index (κ3) is 0.841. The Bertz CT molecular complexity index is 325. The molecule has 4 nitrogen and oxygen atoms in total. The van der Waals surface area contributed by atoms with Crippen LogP contribution >= 0.6 is 0 Å². The van der Waals surface area contributed by atoms with Gasteiger partial charge in [-0.25, -0.2) is 0 Å². The van der Waals surface area contributed by atoms with E-state index in [1.54, 1.807) is 10.9 Å². The molecule has 64 valence electrons. The molecule has 0 aromatic carbocycles. The number of carbonyl (C=O) groups is 1. The first-order valence-corrected chi connectivity index (χ1v) is 3.94. The van der Waals surface area contributed by atoms with Gasteiger partial charge < -0.3 is 5.73 Å². The Kier molecular flexibility index (Phi) is 1.28. The molecule has 1 saturated carbocycles. The Morgan fingerprint density at radius 1 is 1.75 bits per heavy atom. The molecular weight excluding hydrogens is 154 g/mol. The van der Waals surface area contributed by atoms with Gasteiger partial charge in [0.15, 0.2) is 0 Å². The molecule has 4 heteroatoms. The molecule has 1 aromatic heterocycles. The SMILES string of the molecule is Cn1cc(C2(C(N)=O)CC2)cn1. The topological polar surface area (TPSA) is 60.9 Å². The first kappa shape index (κ1) is 7.34. The van der Waals surface area contributed by atoms with Crippen molar-refractivity contribution in [1.29, 1.82) is 0 Å². The summed E-state index contributed by atoms with van der Waals surface area (Å²) in [5.74, 6) is -0.226. The Morgan fingerprint density at radius 2 is 2.42 bits per heavy atom. The lowest BCUT2D eigenvalue weighted by Crippen LogP contribution is -2.27. The lowest BCUT2D eigenvalue weighted by atomic mass is 9.99. The zero-order chi connectivity index (χ0) is 8.77. The maximum Gasteiger partial charge on any atom is 0.228 e. The Morgan fingerprint density at radius 3 is 2.75 bits per heavy atom. The van der Waals surface area contributed by atoms with E-state index >= 15 is 0 Å². The molecular formula is C8H11N3O. The molecule has 12 heavy (non-hydrogen) atoms. The van der Waals surface area contributed by atoms with Crippen LogP contribution in [0.1, 0.15) is 18.4 Å². The Hall–Kier alpha value is -1.32. The summed E-state index contributed by atoms with van der Waals surface area (Å²) in [5, 5.41) is 4.01. The second-order valence-electron chi connectivity index (χ2n) is 3.35. The predicted molar refractivity (Wildman–Crippen MR) is 43.3 cm³/mol.